The lowest BCUT2D eigenvalue weighted by molar-refractivity contribution is 1.02. The summed E-state index contributed by atoms with van der Waals surface area (Å²) in [7, 11) is 0. The summed E-state index contributed by atoms with van der Waals surface area (Å²) in [6.07, 6.45) is 0. The first-order chi connectivity index (χ1) is 19.3. The zero-order valence-electron chi connectivity index (χ0n) is 21.0. The zero-order valence-corrected chi connectivity index (χ0v) is 21.8. The second-order valence-corrected chi connectivity index (χ2v) is 11.4. The smallest absolute Gasteiger partial charge is 0.195 e. The summed E-state index contributed by atoms with van der Waals surface area (Å²) in [4.78, 5) is 5.08. The summed E-state index contributed by atoms with van der Waals surface area (Å²) in [5.41, 5.74) is 10.3. The maximum absolute atomic E-state index is 5.08. The number of para-hydroxylation sites is 2. The van der Waals surface area contributed by atoms with E-state index in [1.54, 1.807) is 11.3 Å². The van der Waals surface area contributed by atoms with Gasteiger partial charge in [-0.2, -0.15) is 0 Å². The van der Waals surface area contributed by atoms with Gasteiger partial charge in [0.05, 0.1) is 21.3 Å². The highest BCUT2D eigenvalue weighted by atomic mass is 32.1. The molecule has 0 saturated carbocycles. The zero-order chi connectivity index (χ0) is 25.5. The molecule has 0 aliphatic heterocycles. The molecule has 1 unspecified atom stereocenters. The molecule has 1 atom stereocenters. The van der Waals surface area contributed by atoms with Crippen LogP contribution in [0.25, 0.3) is 59.1 Å². The molecule has 1 aliphatic carbocycles. The molecule has 2 aromatic heterocycles. The first-order valence-corrected chi connectivity index (χ1v) is 14.2. The number of thiazole rings is 1. The largest absolute Gasteiger partial charge is 0.285 e. The van der Waals surface area contributed by atoms with Gasteiger partial charge in [-0.1, -0.05) is 108 Å². The Morgan fingerprint density at radius 2 is 1.38 bits per heavy atom. The van der Waals surface area contributed by atoms with Crippen molar-refractivity contribution in [3.05, 3.63) is 144 Å². The molecule has 39 heavy (non-hydrogen) atoms. The summed E-state index contributed by atoms with van der Waals surface area (Å²) in [5.74, 6) is 0.243. The van der Waals surface area contributed by atoms with Gasteiger partial charge in [-0.3, -0.25) is 4.57 Å². The molecule has 0 spiro atoms. The SMILES string of the molecule is c1ccc(C2c3ccccc3-c3c2ccc2cc4c5ccccc5n(-c5nc6ccccc6s5)c4cc32)cc1. The van der Waals surface area contributed by atoms with Gasteiger partial charge in [-0.15, -0.1) is 0 Å². The Labute approximate surface area is 229 Å². The van der Waals surface area contributed by atoms with Crippen LogP contribution in [0.5, 0.6) is 0 Å². The van der Waals surface area contributed by atoms with Gasteiger partial charge in [0.2, 0.25) is 0 Å². The number of rotatable bonds is 2. The Bertz CT molecular complexity index is 2200. The van der Waals surface area contributed by atoms with Crippen LogP contribution in [0, 0.1) is 0 Å². The van der Waals surface area contributed by atoms with Crippen molar-refractivity contribution >= 4 is 54.1 Å². The molecule has 0 radical (unpaired) electrons. The van der Waals surface area contributed by atoms with E-state index in [0.29, 0.717) is 0 Å². The van der Waals surface area contributed by atoms with E-state index in [-0.39, 0.29) is 5.92 Å². The molecule has 3 heteroatoms. The highest BCUT2D eigenvalue weighted by Gasteiger charge is 2.31. The summed E-state index contributed by atoms with van der Waals surface area (Å²) < 4.78 is 3.57. The average molecular weight is 515 g/mol. The molecule has 182 valence electrons. The molecule has 0 bridgehead atoms. The van der Waals surface area contributed by atoms with Crippen molar-refractivity contribution in [1.29, 1.82) is 0 Å². The van der Waals surface area contributed by atoms with Gasteiger partial charge in [-0.25, -0.2) is 4.98 Å². The van der Waals surface area contributed by atoms with E-state index in [1.807, 2.05) is 0 Å². The second kappa shape index (κ2) is 7.89. The molecule has 0 N–H and O–H groups in total. The highest BCUT2D eigenvalue weighted by molar-refractivity contribution is 7.20. The van der Waals surface area contributed by atoms with Crippen LogP contribution in [0.4, 0.5) is 0 Å². The monoisotopic (exact) mass is 514 g/mol. The number of hydrogen-bond donors (Lipinski definition) is 0. The number of fused-ring (bicyclic) bond motifs is 9. The predicted molar refractivity (Wildman–Crippen MR) is 164 cm³/mol. The molecule has 0 saturated heterocycles. The Balaban J connectivity index is 1.40. The maximum Gasteiger partial charge on any atom is 0.195 e. The van der Waals surface area contributed by atoms with Gasteiger partial charge in [0.1, 0.15) is 0 Å². The molecular formula is C36H22N2S. The topological polar surface area (TPSA) is 17.8 Å². The van der Waals surface area contributed by atoms with E-state index in [2.05, 4.69) is 132 Å². The number of nitrogens with zero attached hydrogens (tertiary/aromatic N) is 2. The fourth-order valence-electron chi connectivity index (χ4n) is 6.66. The fourth-order valence-corrected chi connectivity index (χ4v) is 7.65. The average Bonchev–Trinajstić information content (AvgIpc) is 3.66. The van der Waals surface area contributed by atoms with Crippen molar-refractivity contribution in [3.63, 3.8) is 0 Å². The summed E-state index contributed by atoms with van der Waals surface area (Å²) >= 11 is 1.75. The maximum atomic E-state index is 5.08. The van der Waals surface area contributed by atoms with Crippen molar-refractivity contribution in [3.8, 4) is 16.3 Å². The summed E-state index contributed by atoms with van der Waals surface area (Å²) in [6, 6.07) is 46.5. The van der Waals surface area contributed by atoms with E-state index in [0.717, 1.165) is 10.6 Å². The van der Waals surface area contributed by atoms with E-state index in [1.165, 1.54) is 65.1 Å². The van der Waals surface area contributed by atoms with E-state index in [4.69, 9.17) is 4.98 Å². The third-order valence-electron chi connectivity index (χ3n) is 8.30. The van der Waals surface area contributed by atoms with Crippen LogP contribution in [-0.4, -0.2) is 9.55 Å². The van der Waals surface area contributed by atoms with Crippen LogP contribution < -0.4 is 0 Å². The normalized spacial score (nSPS) is 14.4. The first-order valence-electron chi connectivity index (χ1n) is 13.4. The van der Waals surface area contributed by atoms with E-state index >= 15 is 0 Å². The van der Waals surface area contributed by atoms with Crippen LogP contribution in [-0.2, 0) is 0 Å². The predicted octanol–water partition coefficient (Wildman–Crippen LogP) is 9.71. The van der Waals surface area contributed by atoms with Crippen molar-refractivity contribution in [2.75, 3.05) is 0 Å². The van der Waals surface area contributed by atoms with Crippen molar-refractivity contribution < 1.29 is 0 Å². The molecule has 6 aromatic carbocycles. The Kier molecular flexibility index (Phi) is 4.29. The Morgan fingerprint density at radius 1 is 0.590 bits per heavy atom. The number of aromatic nitrogens is 2. The molecule has 8 aromatic rings. The minimum atomic E-state index is 0.243. The number of benzene rings is 6. The lowest BCUT2D eigenvalue weighted by Crippen LogP contribution is -1.98. The Morgan fingerprint density at radius 3 is 2.31 bits per heavy atom. The van der Waals surface area contributed by atoms with Gasteiger partial charge in [0.15, 0.2) is 5.13 Å². The van der Waals surface area contributed by atoms with Crippen LogP contribution in [0.1, 0.15) is 22.6 Å². The Hall–Kier alpha value is -4.73. The highest BCUT2D eigenvalue weighted by Crippen LogP contribution is 2.51. The minimum Gasteiger partial charge on any atom is -0.285 e. The molecule has 1 aliphatic rings. The van der Waals surface area contributed by atoms with E-state index < -0.39 is 0 Å². The molecule has 0 amide bonds. The van der Waals surface area contributed by atoms with Crippen molar-refractivity contribution in [2.45, 2.75) is 5.92 Å². The van der Waals surface area contributed by atoms with Gasteiger partial charge >= 0.3 is 0 Å². The second-order valence-electron chi connectivity index (χ2n) is 10.4. The van der Waals surface area contributed by atoms with Gasteiger partial charge in [-0.05, 0) is 68.9 Å². The quantitative estimate of drug-likeness (QED) is 0.224. The minimum absolute atomic E-state index is 0.243. The van der Waals surface area contributed by atoms with Gasteiger partial charge in [0, 0.05) is 16.7 Å². The summed E-state index contributed by atoms with van der Waals surface area (Å²) in [5, 5.41) is 6.12. The summed E-state index contributed by atoms with van der Waals surface area (Å²) in [6.45, 7) is 0. The van der Waals surface area contributed by atoms with Crippen LogP contribution >= 0.6 is 11.3 Å². The molecule has 2 nitrogen and oxygen atoms in total. The lowest BCUT2D eigenvalue weighted by atomic mass is 9.88. The molecular weight excluding hydrogens is 492 g/mol. The van der Waals surface area contributed by atoms with Crippen LogP contribution in [0.2, 0.25) is 0 Å². The lowest BCUT2D eigenvalue weighted by Gasteiger charge is -2.15. The van der Waals surface area contributed by atoms with Crippen LogP contribution in [0.3, 0.4) is 0 Å². The van der Waals surface area contributed by atoms with Crippen molar-refractivity contribution in [2.24, 2.45) is 0 Å². The molecule has 9 rings (SSSR count). The first kappa shape index (κ1) is 21.2. The van der Waals surface area contributed by atoms with Crippen LogP contribution in [0.15, 0.2) is 127 Å². The van der Waals surface area contributed by atoms with Crippen molar-refractivity contribution in [1.82, 2.24) is 9.55 Å². The molecule has 0 fully saturated rings. The fraction of sp³-hybridized carbons (Fsp3) is 0.0278. The van der Waals surface area contributed by atoms with Gasteiger partial charge < -0.3 is 0 Å². The third-order valence-corrected chi connectivity index (χ3v) is 9.32. The standard InChI is InChI=1S/C36H22N2S/c1-2-10-22(11-3-1)34-25-13-4-5-14-26(25)35-27(34)19-18-23-20-29-24-12-6-8-16-31(24)38(32(29)21-28(23)35)36-37-30-15-7-9-17-33(30)39-36/h1-21,34H. The van der Waals surface area contributed by atoms with Gasteiger partial charge in [0.25, 0.3) is 0 Å². The molecule has 2 heterocycles. The third kappa shape index (κ3) is 2.94. The van der Waals surface area contributed by atoms with E-state index in [9.17, 15) is 0 Å². The number of hydrogen-bond acceptors (Lipinski definition) is 2.